The Kier molecular flexibility index (Phi) is 5.45. The Labute approximate surface area is 87.5 Å². The normalized spacial score (nSPS) is 28.3. The summed E-state index contributed by atoms with van der Waals surface area (Å²) in [6.07, 6.45) is 4.44. The van der Waals surface area contributed by atoms with E-state index in [9.17, 15) is 5.11 Å². The minimum absolute atomic E-state index is 0.0376. The third-order valence-corrected chi connectivity index (χ3v) is 2.92. The summed E-state index contributed by atoms with van der Waals surface area (Å²) in [6, 6.07) is 0. The molecule has 1 aliphatic carbocycles. The number of likely N-dealkylation sites (N-methyl/N-ethyl adjacent to an activating group) is 1. The van der Waals surface area contributed by atoms with Crippen molar-refractivity contribution in [1.82, 2.24) is 10.2 Å². The molecule has 0 radical (unpaired) electrons. The van der Waals surface area contributed by atoms with E-state index in [1.54, 1.807) is 0 Å². The average molecular weight is 200 g/mol. The lowest BCUT2D eigenvalue weighted by Gasteiger charge is -2.26. The smallest absolute Gasteiger partial charge is 0.0543 e. The fraction of sp³-hybridized carbons (Fsp3) is 1.00. The van der Waals surface area contributed by atoms with E-state index >= 15 is 0 Å². The Morgan fingerprint density at radius 1 is 1.36 bits per heavy atom. The molecule has 2 N–H and O–H groups in total. The molecule has 1 rings (SSSR count). The van der Waals surface area contributed by atoms with Crippen molar-refractivity contribution in [2.24, 2.45) is 5.92 Å². The zero-order valence-corrected chi connectivity index (χ0v) is 9.50. The molecule has 1 saturated carbocycles. The summed E-state index contributed by atoms with van der Waals surface area (Å²) in [6.45, 7) is 3.22. The van der Waals surface area contributed by atoms with Crippen LogP contribution in [0.2, 0.25) is 0 Å². The van der Waals surface area contributed by atoms with Crippen LogP contribution in [0.5, 0.6) is 0 Å². The lowest BCUT2D eigenvalue weighted by Crippen LogP contribution is -2.33. The monoisotopic (exact) mass is 200 g/mol. The van der Waals surface area contributed by atoms with E-state index in [4.69, 9.17) is 0 Å². The van der Waals surface area contributed by atoms with Gasteiger partial charge in [0.15, 0.2) is 0 Å². The van der Waals surface area contributed by atoms with Gasteiger partial charge in [0.05, 0.1) is 6.10 Å². The summed E-state index contributed by atoms with van der Waals surface area (Å²) in [7, 11) is 4.18. The lowest BCUT2D eigenvalue weighted by molar-refractivity contribution is 0.101. The summed E-state index contributed by atoms with van der Waals surface area (Å²) < 4.78 is 0. The fourth-order valence-electron chi connectivity index (χ4n) is 2.06. The number of nitrogens with zero attached hydrogens (tertiary/aromatic N) is 1. The average Bonchev–Trinajstić information content (AvgIpc) is 2.12. The molecule has 2 unspecified atom stereocenters. The summed E-state index contributed by atoms with van der Waals surface area (Å²) >= 11 is 0. The molecule has 0 aromatic rings. The Morgan fingerprint density at radius 2 is 2.14 bits per heavy atom. The van der Waals surface area contributed by atoms with Gasteiger partial charge in [0, 0.05) is 13.1 Å². The SMILES string of the molecule is CN(C)CCNCC1CCCC(O)C1. The van der Waals surface area contributed by atoms with E-state index in [0.29, 0.717) is 5.92 Å². The van der Waals surface area contributed by atoms with Gasteiger partial charge in [-0.25, -0.2) is 0 Å². The summed E-state index contributed by atoms with van der Waals surface area (Å²) in [4.78, 5) is 2.18. The molecule has 0 aromatic carbocycles. The van der Waals surface area contributed by atoms with Crippen LogP contribution in [0.3, 0.4) is 0 Å². The van der Waals surface area contributed by atoms with Crippen LogP contribution >= 0.6 is 0 Å². The molecule has 0 amide bonds. The Morgan fingerprint density at radius 3 is 2.79 bits per heavy atom. The van der Waals surface area contributed by atoms with Gasteiger partial charge in [0.1, 0.15) is 0 Å². The molecule has 84 valence electrons. The topological polar surface area (TPSA) is 35.5 Å². The molecule has 14 heavy (non-hydrogen) atoms. The second-order valence-electron chi connectivity index (χ2n) is 4.69. The van der Waals surface area contributed by atoms with E-state index in [1.165, 1.54) is 12.8 Å². The van der Waals surface area contributed by atoms with Crippen LogP contribution in [-0.4, -0.2) is 49.8 Å². The van der Waals surface area contributed by atoms with Crippen molar-refractivity contribution in [1.29, 1.82) is 0 Å². The maximum absolute atomic E-state index is 9.49. The molecule has 0 aliphatic heterocycles. The quantitative estimate of drug-likeness (QED) is 0.641. The van der Waals surface area contributed by atoms with Crippen LogP contribution in [-0.2, 0) is 0 Å². The van der Waals surface area contributed by atoms with Crippen molar-refractivity contribution in [2.75, 3.05) is 33.7 Å². The second kappa shape index (κ2) is 6.38. The van der Waals surface area contributed by atoms with Crippen LogP contribution in [0.25, 0.3) is 0 Å². The zero-order chi connectivity index (χ0) is 10.4. The highest BCUT2D eigenvalue weighted by Gasteiger charge is 2.19. The van der Waals surface area contributed by atoms with Gasteiger partial charge < -0.3 is 15.3 Å². The maximum atomic E-state index is 9.49. The summed E-state index contributed by atoms with van der Waals surface area (Å²) in [5.74, 6) is 0.695. The highest BCUT2D eigenvalue weighted by molar-refractivity contribution is 4.73. The number of rotatable bonds is 5. The zero-order valence-electron chi connectivity index (χ0n) is 9.50. The molecule has 1 fully saturated rings. The molecule has 1 aliphatic rings. The summed E-state index contributed by atoms with van der Waals surface area (Å²) in [5.41, 5.74) is 0. The van der Waals surface area contributed by atoms with Gasteiger partial charge in [-0.3, -0.25) is 0 Å². The minimum Gasteiger partial charge on any atom is -0.393 e. The van der Waals surface area contributed by atoms with Crippen molar-refractivity contribution in [3.8, 4) is 0 Å². The van der Waals surface area contributed by atoms with E-state index in [1.807, 2.05) is 0 Å². The molecular formula is C11H24N2O. The van der Waals surface area contributed by atoms with Crippen molar-refractivity contribution >= 4 is 0 Å². The number of hydrogen-bond acceptors (Lipinski definition) is 3. The first-order valence-corrected chi connectivity index (χ1v) is 5.72. The molecule has 3 nitrogen and oxygen atoms in total. The number of nitrogens with one attached hydrogen (secondary N) is 1. The third kappa shape index (κ3) is 4.94. The Hall–Kier alpha value is -0.120. The second-order valence-corrected chi connectivity index (χ2v) is 4.69. The van der Waals surface area contributed by atoms with Gasteiger partial charge >= 0.3 is 0 Å². The van der Waals surface area contributed by atoms with Gasteiger partial charge in [0.25, 0.3) is 0 Å². The molecule has 0 aromatic heterocycles. The predicted octanol–water partition coefficient (Wildman–Crippen LogP) is 0.689. The number of hydrogen-bond donors (Lipinski definition) is 2. The van der Waals surface area contributed by atoms with Gasteiger partial charge in [0.2, 0.25) is 0 Å². The van der Waals surface area contributed by atoms with Crippen LogP contribution in [0.15, 0.2) is 0 Å². The van der Waals surface area contributed by atoms with E-state index in [0.717, 1.165) is 32.5 Å². The highest BCUT2D eigenvalue weighted by atomic mass is 16.3. The third-order valence-electron chi connectivity index (χ3n) is 2.92. The Balaban J connectivity index is 2.00. The number of aliphatic hydroxyl groups is 1. The van der Waals surface area contributed by atoms with Gasteiger partial charge in [-0.05, 0) is 45.8 Å². The number of aliphatic hydroxyl groups excluding tert-OH is 1. The molecular weight excluding hydrogens is 176 g/mol. The fourth-order valence-corrected chi connectivity index (χ4v) is 2.06. The minimum atomic E-state index is -0.0376. The van der Waals surface area contributed by atoms with Gasteiger partial charge in [-0.15, -0.1) is 0 Å². The van der Waals surface area contributed by atoms with E-state index in [2.05, 4.69) is 24.3 Å². The largest absolute Gasteiger partial charge is 0.393 e. The van der Waals surface area contributed by atoms with Crippen LogP contribution in [0, 0.1) is 5.92 Å². The predicted molar refractivity (Wildman–Crippen MR) is 59.4 cm³/mol. The first-order valence-electron chi connectivity index (χ1n) is 5.72. The van der Waals surface area contributed by atoms with Crippen molar-refractivity contribution in [3.05, 3.63) is 0 Å². The molecule has 0 saturated heterocycles. The standard InChI is InChI=1S/C11H24N2O/c1-13(2)7-6-12-9-10-4-3-5-11(14)8-10/h10-12,14H,3-9H2,1-2H3. The van der Waals surface area contributed by atoms with Crippen molar-refractivity contribution in [3.63, 3.8) is 0 Å². The summed E-state index contributed by atoms with van der Waals surface area (Å²) in [5, 5.41) is 12.9. The van der Waals surface area contributed by atoms with E-state index in [-0.39, 0.29) is 6.10 Å². The maximum Gasteiger partial charge on any atom is 0.0543 e. The molecule has 0 bridgehead atoms. The molecule has 3 heteroatoms. The first kappa shape index (κ1) is 12.0. The van der Waals surface area contributed by atoms with Crippen LogP contribution in [0.1, 0.15) is 25.7 Å². The highest BCUT2D eigenvalue weighted by Crippen LogP contribution is 2.23. The van der Waals surface area contributed by atoms with Crippen molar-refractivity contribution in [2.45, 2.75) is 31.8 Å². The first-order chi connectivity index (χ1) is 6.68. The van der Waals surface area contributed by atoms with Crippen LogP contribution < -0.4 is 5.32 Å². The molecule has 2 atom stereocenters. The molecule has 0 heterocycles. The molecule has 0 spiro atoms. The van der Waals surface area contributed by atoms with Crippen molar-refractivity contribution < 1.29 is 5.11 Å². The van der Waals surface area contributed by atoms with Gasteiger partial charge in [-0.2, -0.15) is 0 Å². The van der Waals surface area contributed by atoms with E-state index < -0.39 is 0 Å². The van der Waals surface area contributed by atoms with Crippen LogP contribution in [0.4, 0.5) is 0 Å². The van der Waals surface area contributed by atoms with Gasteiger partial charge in [-0.1, -0.05) is 6.42 Å². The lowest BCUT2D eigenvalue weighted by atomic mass is 9.87. The Bertz CT molecular complexity index is 150.